The lowest BCUT2D eigenvalue weighted by Gasteiger charge is -2.39. The van der Waals surface area contributed by atoms with E-state index in [0.717, 1.165) is 49.0 Å². The lowest BCUT2D eigenvalue weighted by molar-refractivity contribution is -0.0950. The Morgan fingerprint density at radius 3 is 1.90 bits per heavy atom. The molecule has 1 aliphatic rings. The molecule has 0 saturated carbocycles. The van der Waals surface area contributed by atoms with Crippen LogP contribution in [0.4, 0.5) is 0 Å². The fourth-order valence-electron chi connectivity index (χ4n) is 9.86. The number of benzene rings is 7. The Morgan fingerprint density at radius 1 is 0.729 bits per heavy atom. The maximum absolute atomic E-state index is 15.8. The highest BCUT2D eigenvalue weighted by Crippen LogP contribution is 2.58. The van der Waals surface area contributed by atoms with Gasteiger partial charge in [0.2, 0.25) is 0 Å². The number of ether oxygens (including phenoxy) is 5. The van der Waals surface area contributed by atoms with E-state index >= 15 is 4.57 Å². The number of aromatic nitrogens is 2. The summed E-state index contributed by atoms with van der Waals surface area (Å²) in [5, 5.41) is 15.6. The topological polar surface area (TPSA) is 164 Å². The standard InChI is InChI=1S/C55H55N4O10P/c1-35(2)59(36(3)4)70(62,66-33-11-31-56)69-51-47(34-65-55(40-14-8-7-9-15-40,41-20-24-43(63-5)25-21-41)42-22-26-44(64-6)27-23-42)68-53(58-32-30-48(60)57-54(58)61)52(51)67-46-29-19-39-17-16-37-12-10-13-38-18-28-45(46)50(39)49(37)38/h7-10,12-30,32,35-36,47,51-53H,11,33-34H2,1-6H3,(H,57,60,61)/t47-,51-,52-,53-,70?/m1/s1. The van der Waals surface area contributed by atoms with Crippen LogP contribution in [0.15, 0.2) is 155 Å². The number of aromatic amines is 1. The minimum Gasteiger partial charge on any atom is -0.497 e. The molecule has 1 aromatic heterocycles. The minimum atomic E-state index is -4.40. The Kier molecular flexibility index (Phi) is 14.0. The summed E-state index contributed by atoms with van der Waals surface area (Å²) in [6, 6.07) is 45.7. The molecule has 0 aliphatic carbocycles. The number of nitrogens with zero attached hydrogens (tertiary/aromatic N) is 3. The Bertz CT molecular complexity index is 3230. The van der Waals surface area contributed by atoms with Crippen LogP contribution in [0.2, 0.25) is 0 Å². The Labute approximate surface area is 405 Å². The highest BCUT2D eigenvalue weighted by atomic mass is 31.2. The third-order valence-corrected chi connectivity index (χ3v) is 15.4. The number of hydrogen-bond donors (Lipinski definition) is 1. The molecule has 70 heavy (non-hydrogen) atoms. The molecule has 1 aliphatic heterocycles. The lowest BCUT2D eigenvalue weighted by Crippen LogP contribution is -2.45. The number of nitrogens with one attached hydrogen (secondary N) is 1. The van der Waals surface area contributed by atoms with Crippen molar-refractivity contribution < 1.29 is 37.3 Å². The van der Waals surface area contributed by atoms with E-state index in [9.17, 15) is 14.9 Å². The van der Waals surface area contributed by atoms with Crippen LogP contribution in [0, 0.1) is 11.3 Å². The smallest absolute Gasteiger partial charge is 0.409 e. The largest absolute Gasteiger partial charge is 0.497 e. The average molecular weight is 963 g/mol. The quantitative estimate of drug-likeness (QED) is 0.0354. The van der Waals surface area contributed by atoms with Gasteiger partial charge < -0.3 is 23.7 Å². The predicted molar refractivity (Wildman–Crippen MR) is 269 cm³/mol. The maximum Gasteiger partial charge on any atom is 0.409 e. The van der Waals surface area contributed by atoms with Crippen LogP contribution in [0.1, 0.15) is 57.0 Å². The van der Waals surface area contributed by atoms with Crippen molar-refractivity contribution in [1.29, 1.82) is 5.26 Å². The van der Waals surface area contributed by atoms with Crippen molar-refractivity contribution in [2.24, 2.45) is 0 Å². The van der Waals surface area contributed by atoms with E-state index in [0.29, 0.717) is 17.2 Å². The fourth-order valence-corrected chi connectivity index (χ4v) is 12.2. The van der Waals surface area contributed by atoms with Crippen molar-refractivity contribution in [3.05, 3.63) is 183 Å². The van der Waals surface area contributed by atoms with Crippen LogP contribution in [0.5, 0.6) is 17.2 Å². The van der Waals surface area contributed by atoms with Gasteiger partial charge in [-0.1, -0.05) is 97.1 Å². The predicted octanol–water partition coefficient (Wildman–Crippen LogP) is 10.3. The maximum atomic E-state index is 15.8. The molecule has 360 valence electrons. The van der Waals surface area contributed by atoms with E-state index in [2.05, 4.69) is 35.3 Å². The van der Waals surface area contributed by atoms with Crippen LogP contribution in [0.3, 0.4) is 0 Å². The third kappa shape index (κ3) is 9.08. The van der Waals surface area contributed by atoms with Gasteiger partial charge >= 0.3 is 13.4 Å². The first-order chi connectivity index (χ1) is 33.9. The summed E-state index contributed by atoms with van der Waals surface area (Å²) in [5.74, 6) is 1.72. The van der Waals surface area contributed by atoms with Gasteiger partial charge in [0.25, 0.3) is 5.56 Å². The van der Waals surface area contributed by atoms with Gasteiger partial charge in [0, 0.05) is 35.1 Å². The van der Waals surface area contributed by atoms with Crippen LogP contribution < -0.4 is 25.5 Å². The molecule has 0 spiro atoms. The molecule has 2 heterocycles. The molecule has 1 unspecified atom stereocenters. The van der Waals surface area contributed by atoms with Gasteiger partial charge in [-0.15, -0.1) is 0 Å². The van der Waals surface area contributed by atoms with Crippen LogP contribution >= 0.6 is 7.75 Å². The zero-order valence-electron chi connectivity index (χ0n) is 39.8. The Morgan fingerprint density at radius 2 is 1.31 bits per heavy atom. The molecular weight excluding hydrogens is 908 g/mol. The van der Waals surface area contributed by atoms with E-state index < -0.39 is 49.1 Å². The van der Waals surface area contributed by atoms with Gasteiger partial charge in [0.1, 0.15) is 35.1 Å². The zero-order chi connectivity index (χ0) is 49.2. The molecule has 0 radical (unpaired) electrons. The van der Waals surface area contributed by atoms with Gasteiger partial charge in [-0.3, -0.25) is 23.4 Å². The van der Waals surface area contributed by atoms with Gasteiger partial charge in [0.05, 0.1) is 39.9 Å². The molecule has 7 aromatic carbocycles. The number of methoxy groups -OCH3 is 2. The highest BCUT2D eigenvalue weighted by molar-refractivity contribution is 7.51. The highest BCUT2D eigenvalue weighted by Gasteiger charge is 2.54. The summed E-state index contributed by atoms with van der Waals surface area (Å²) in [7, 11) is -1.19. The second-order valence-corrected chi connectivity index (χ2v) is 19.6. The van der Waals surface area contributed by atoms with Crippen LogP contribution in [-0.2, 0) is 28.7 Å². The van der Waals surface area contributed by atoms with E-state index in [1.54, 1.807) is 18.9 Å². The molecule has 8 aromatic rings. The van der Waals surface area contributed by atoms with Crippen molar-refractivity contribution >= 4 is 40.1 Å². The van der Waals surface area contributed by atoms with Gasteiger partial charge in [-0.05, 0) is 102 Å². The fraction of sp³-hybridized carbons (Fsp3) is 0.291. The first-order valence-electron chi connectivity index (χ1n) is 23.3. The summed E-state index contributed by atoms with van der Waals surface area (Å²) in [6.45, 7) is 7.09. The van der Waals surface area contributed by atoms with Crippen molar-refractivity contribution in [3.8, 4) is 23.3 Å². The van der Waals surface area contributed by atoms with Crippen LogP contribution in [0.25, 0.3) is 32.3 Å². The second-order valence-electron chi connectivity index (χ2n) is 17.7. The molecular formula is C55H55N4O10P. The van der Waals surface area contributed by atoms with E-state index in [-0.39, 0.29) is 31.7 Å². The first kappa shape index (κ1) is 48.2. The molecule has 15 heteroatoms. The molecule has 1 fully saturated rings. The number of rotatable bonds is 19. The average Bonchev–Trinajstić information content (AvgIpc) is 3.68. The normalized spacial score (nSPS) is 18.2. The van der Waals surface area contributed by atoms with Gasteiger partial charge in [0.15, 0.2) is 12.3 Å². The Balaban J connectivity index is 1.25. The summed E-state index contributed by atoms with van der Waals surface area (Å²) in [5.41, 5.74) is -0.457. The molecule has 0 amide bonds. The van der Waals surface area contributed by atoms with Gasteiger partial charge in [-0.25, -0.2) is 14.0 Å². The monoisotopic (exact) mass is 962 g/mol. The Hall–Kier alpha value is -6.82. The number of nitriles is 1. The summed E-state index contributed by atoms with van der Waals surface area (Å²) < 4.78 is 64.8. The minimum absolute atomic E-state index is 0.0630. The van der Waals surface area contributed by atoms with Crippen molar-refractivity contribution in [3.63, 3.8) is 0 Å². The van der Waals surface area contributed by atoms with Crippen LogP contribution in [-0.4, -0.2) is 72.1 Å². The summed E-state index contributed by atoms with van der Waals surface area (Å²) >= 11 is 0. The molecule has 9 rings (SSSR count). The SMILES string of the molecule is COc1ccc(C(OC[C@H]2O[C@@H](n3ccc(=O)[nH]c3=O)[C@H](Oc3ccc4ccc5cccc6ccc3c4c56)[C@@H]2OP(=O)(OCCC#N)N(C(C)C)C(C)C)(c2ccccc2)c2ccc(OC)cc2)cc1. The van der Waals surface area contributed by atoms with Gasteiger partial charge in [-0.2, -0.15) is 5.26 Å². The summed E-state index contributed by atoms with van der Waals surface area (Å²) in [4.78, 5) is 28.9. The van der Waals surface area contributed by atoms with Crippen molar-refractivity contribution in [2.45, 2.75) is 76.3 Å². The summed E-state index contributed by atoms with van der Waals surface area (Å²) in [6.07, 6.45) is -3.73. The van der Waals surface area contributed by atoms with Crippen molar-refractivity contribution in [1.82, 2.24) is 14.2 Å². The number of hydrogen-bond acceptors (Lipinski definition) is 11. The van der Waals surface area contributed by atoms with E-state index in [4.69, 9.17) is 32.7 Å². The number of H-pyrrole nitrogens is 1. The molecule has 14 nitrogen and oxygen atoms in total. The molecule has 0 bridgehead atoms. The zero-order valence-corrected chi connectivity index (χ0v) is 40.7. The second kappa shape index (κ2) is 20.3. The molecule has 5 atom stereocenters. The first-order valence-corrected chi connectivity index (χ1v) is 24.8. The van der Waals surface area contributed by atoms with E-state index in [1.165, 1.54) is 16.8 Å². The van der Waals surface area contributed by atoms with E-state index in [1.807, 2.05) is 137 Å². The molecule has 1 saturated heterocycles. The third-order valence-electron chi connectivity index (χ3n) is 12.9. The van der Waals surface area contributed by atoms with Crippen molar-refractivity contribution in [2.75, 3.05) is 27.4 Å². The lowest BCUT2D eigenvalue weighted by atomic mass is 9.80. The molecule has 1 N–H and O–H groups in total.